The first-order chi connectivity index (χ1) is 16.3. The molecular weight excluding hydrogens is 472 g/mol. The van der Waals surface area contributed by atoms with Crippen molar-refractivity contribution in [3.8, 4) is 21.8 Å². The van der Waals surface area contributed by atoms with Gasteiger partial charge in [0.1, 0.15) is 15.7 Å². The molecule has 1 aliphatic heterocycles. The summed E-state index contributed by atoms with van der Waals surface area (Å²) in [6.45, 7) is 4.01. The minimum absolute atomic E-state index is 0.654. The zero-order chi connectivity index (χ0) is 22.0. The third-order valence-electron chi connectivity index (χ3n) is 5.41. The first kappa shape index (κ1) is 20.9. The van der Waals surface area contributed by atoms with E-state index in [1.54, 1.807) is 22.7 Å². The zero-order valence-electron chi connectivity index (χ0n) is 17.6. The number of benzene rings is 1. The lowest BCUT2D eigenvalue weighted by atomic mass is 10.1. The van der Waals surface area contributed by atoms with Gasteiger partial charge in [-0.05, 0) is 28.8 Å². The summed E-state index contributed by atoms with van der Waals surface area (Å²) in [7, 11) is 0. The van der Waals surface area contributed by atoms with E-state index < -0.39 is 0 Å². The van der Waals surface area contributed by atoms with Crippen LogP contribution in [0.2, 0.25) is 0 Å². The second-order valence-corrected chi connectivity index (χ2v) is 10.3. The van der Waals surface area contributed by atoms with Gasteiger partial charge >= 0.3 is 0 Å². The smallest absolute Gasteiger partial charge is 0.215 e. The van der Waals surface area contributed by atoms with E-state index in [2.05, 4.69) is 44.7 Å². The molecule has 7 nitrogen and oxygen atoms in total. The van der Waals surface area contributed by atoms with Crippen LogP contribution in [0.3, 0.4) is 0 Å². The molecule has 33 heavy (non-hydrogen) atoms. The lowest BCUT2D eigenvalue weighted by Crippen LogP contribution is -2.36. The van der Waals surface area contributed by atoms with Gasteiger partial charge in [-0.15, -0.1) is 27.8 Å². The Morgan fingerprint density at radius 3 is 2.70 bits per heavy atom. The first-order valence-corrected chi connectivity index (χ1v) is 13.2. The normalized spacial score (nSPS) is 14.8. The first-order valence-electron chi connectivity index (χ1n) is 10.6. The Bertz CT molecular complexity index is 1360. The van der Waals surface area contributed by atoms with Crippen LogP contribution < -0.4 is 0 Å². The van der Waals surface area contributed by atoms with Crippen LogP contribution in [0.1, 0.15) is 5.82 Å². The summed E-state index contributed by atoms with van der Waals surface area (Å²) in [5, 5.41) is 14.3. The van der Waals surface area contributed by atoms with Gasteiger partial charge < -0.3 is 4.74 Å². The van der Waals surface area contributed by atoms with Gasteiger partial charge in [0.2, 0.25) is 5.16 Å². The molecule has 0 aliphatic carbocycles. The summed E-state index contributed by atoms with van der Waals surface area (Å²) in [5.74, 6) is 1.60. The molecule has 6 rings (SSSR count). The van der Waals surface area contributed by atoms with Gasteiger partial charge in [-0.3, -0.25) is 10.00 Å². The maximum Gasteiger partial charge on any atom is 0.215 e. The molecule has 5 aromatic rings. The zero-order valence-corrected chi connectivity index (χ0v) is 20.1. The average molecular weight is 493 g/mol. The molecule has 1 aliphatic rings. The fourth-order valence-corrected chi connectivity index (χ4v) is 6.34. The standard InChI is InChI=1S/C23H20N6OS3/c1-2-5-15(6-3-1)16-14-32-21-19(16)22(25-18(24-21)13-29-8-10-30-11-9-29)33-23-26-20(27-28-23)17-7-4-12-31-17/h1-7,12,14H,8-11,13H2,(H,26,27,28). The second kappa shape index (κ2) is 9.32. The van der Waals surface area contributed by atoms with Crippen LogP contribution in [0.15, 0.2) is 63.4 Å². The highest BCUT2D eigenvalue weighted by molar-refractivity contribution is 7.99. The van der Waals surface area contributed by atoms with Crippen molar-refractivity contribution in [1.29, 1.82) is 0 Å². The van der Waals surface area contributed by atoms with E-state index in [-0.39, 0.29) is 0 Å². The van der Waals surface area contributed by atoms with Gasteiger partial charge in [0.25, 0.3) is 0 Å². The van der Waals surface area contributed by atoms with Crippen molar-refractivity contribution in [3.63, 3.8) is 0 Å². The number of ether oxygens (including phenoxy) is 1. The van der Waals surface area contributed by atoms with Crippen LogP contribution in [0, 0.1) is 0 Å². The van der Waals surface area contributed by atoms with E-state index in [9.17, 15) is 0 Å². The lowest BCUT2D eigenvalue weighted by Gasteiger charge is -2.25. The van der Waals surface area contributed by atoms with Gasteiger partial charge in [0, 0.05) is 24.0 Å². The molecule has 1 saturated heterocycles. The van der Waals surface area contributed by atoms with Crippen molar-refractivity contribution in [3.05, 3.63) is 59.0 Å². The van der Waals surface area contributed by atoms with Gasteiger partial charge in [-0.1, -0.05) is 36.4 Å². The molecule has 5 heterocycles. The van der Waals surface area contributed by atoms with Gasteiger partial charge in [0.15, 0.2) is 5.82 Å². The lowest BCUT2D eigenvalue weighted by molar-refractivity contribution is 0.0330. The van der Waals surface area contributed by atoms with E-state index in [4.69, 9.17) is 19.7 Å². The number of H-pyrrole nitrogens is 1. The highest BCUT2D eigenvalue weighted by Crippen LogP contribution is 2.40. The molecule has 4 aromatic heterocycles. The number of aromatic amines is 1. The van der Waals surface area contributed by atoms with Crippen LogP contribution in [0.5, 0.6) is 0 Å². The summed E-state index contributed by atoms with van der Waals surface area (Å²) in [6, 6.07) is 14.4. The topological polar surface area (TPSA) is 79.8 Å². The quantitative estimate of drug-likeness (QED) is 0.327. The van der Waals surface area contributed by atoms with E-state index in [1.165, 1.54) is 11.8 Å². The number of thiophene rings is 2. The Kier molecular flexibility index (Phi) is 5.91. The Hall–Kier alpha value is -2.63. The van der Waals surface area contributed by atoms with Crippen LogP contribution in [-0.2, 0) is 11.3 Å². The number of hydrogen-bond donors (Lipinski definition) is 1. The molecule has 0 spiro atoms. The number of nitrogens with zero attached hydrogens (tertiary/aromatic N) is 5. The molecular formula is C23H20N6OS3. The highest BCUT2D eigenvalue weighted by atomic mass is 32.2. The van der Waals surface area contributed by atoms with Crippen molar-refractivity contribution in [2.24, 2.45) is 0 Å². The summed E-state index contributed by atoms with van der Waals surface area (Å²) in [4.78, 5) is 19.0. The molecule has 1 fully saturated rings. The van der Waals surface area contributed by atoms with Crippen molar-refractivity contribution in [2.45, 2.75) is 16.7 Å². The number of hydrogen-bond acceptors (Lipinski definition) is 9. The number of aromatic nitrogens is 5. The van der Waals surface area contributed by atoms with Crippen molar-refractivity contribution in [1.82, 2.24) is 30.0 Å². The molecule has 0 bridgehead atoms. The number of morpholine rings is 1. The van der Waals surface area contributed by atoms with Gasteiger partial charge in [0.05, 0.1) is 30.0 Å². The largest absolute Gasteiger partial charge is 0.379 e. The Morgan fingerprint density at radius 1 is 1.00 bits per heavy atom. The van der Waals surface area contributed by atoms with E-state index in [0.717, 1.165) is 69.2 Å². The summed E-state index contributed by atoms with van der Waals surface area (Å²) in [6.07, 6.45) is 0. The fourth-order valence-electron chi connectivity index (χ4n) is 3.79. The van der Waals surface area contributed by atoms with E-state index in [0.29, 0.717) is 11.7 Å². The molecule has 0 unspecified atom stereocenters. The highest BCUT2D eigenvalue weighted by Gasteiger charge is 2.20. The minimum Gasteiger partial charge on any atom is -0.379 e. The Balaban J connectivity index is 1.40. The Morgan fingerprint density at radius 2 is 1.88 bits per heavy atom. The minimum atomic E-state index is 0.654. The maximum absolute atomic E-state index is 5.49. The van der Waals surface area contributed by atoms with Crippen molar-refractivity contribution >= 4 is 44.7 Å². The molecule has 0 amide bonds. The third kappa shape index (κ3) is 4.44. The molecule has 1 aromatic carbocycles. The molecule has 1 N–H and O–H groups in total. The number of fused-ring (bicyclic) bond motifs is 1. The van der Waals surface area contributed by atoms with Crippen LogP contribution in [0.25, 0.3) is 32.0 Å². The maximum atomic E-state index is 5.49. The predicted octanol–water partition coefficient (Wildman–Crippen LogP) is 5.19. The monoisotopic (exact) mass is 492 g/mol. The molecule has 0 saturated carbocycles. The van der Waals surface area contributed by atoms with Gasteiger partial charge in [-0.25, -0.2) is 15.0 Å². The summed E-state index contributed by atoms with van der Waals surface area (Å²) in [5.41, 5.74) is 2.30. The van der Waals surface area contributed by atoms with Crippen LogP contribution in [-0.4, -0.2) is 56.4 Å². The molecule has 0 radical (unpaired) electrons. The van der Waals surface area contributed by atoms with Crippen molar-refractivity contribution < 1.29 is 4.74 Å². The average Bonchev–Trinajstić information content (AvgIpc) is 3.61. The second-order valence-electron chi connectivity index (χ2n) is 7.58. The fraction of sp³-hybridized carbons (Fsp3) is 0.217. The van der Waals surface area contributed by atoms with E-state index in [1.807, 2.05) is 23.6 Å². The molecule has 166 valence electrons. The number of nitrogens with one attached hydrogen (secondary N) is 1. The van der Waals surface area contributed by atoms with Gasteiger partial charge in [-0.2, -0.15) is 0 Å². The molecule has 0 atom stereocenters. The Labute approximate surface area is 202 Å². The molecule has 10 heteroatoms. The predicted molar refractivity (Wildman–Crippen MR) is 133 cm³/mol. The van der Waals surface area contributed by atoms with Crippen LogP contribution >= 0.6 is 34.4 Å². The summed E-state index contributed by atoms with van der Waals surface area (Å²) < 4.78 is 5.49. The SMILES string of the molecule is c1ccc(-c2csc3nc(CN4CCOCC4)nc(Sc4n[nH]c(-c5cccs5)n4)c23)cc1. The third-order valence-corrected chi connectivity index (χ3v) is 8.01. The van der Waals surface area contributed by atoms with Crippen LogP contribution in [0.4, 0.5) is 0 Å². The number of rotatable bonds is 6. The van der Waals surface area contributed by atoms with E-state index >= 15 is 0 Å². The van der Waals surface area contributed by atoms with Crippen molar-refractivity contribution in [2.75, 3.05) is 26.3 Å². The summed E-state index contributed by atoms with van der Waals surface area (Å²) >= 11 is 4.79.